The largest absolute Gasteiger partial charge is 0.207 e. The first-order chi connectivity index (χ1) is 9.59. The molecule has 20 heavy (non-hydrogen) atoms. The molecule has 0 spiro atoms. The molecule has 2 aromatic carbocycles. The minimum absolute atomic E-state index is 0.232. The van der Waals surface area contributed by atoms with E-state index >= 15 is 0 Å². The van der Waals surface area contributed by atoms with E-state index in [0.717, 1.165) is 11.1 Å². The standard InChI is InChI=1S/C17H17Cl2F/c1-13-4-2-6-15(8-13)17(11-18,12-19)10-14-5-3-7-16(20)9-14/h2-9H,10-12H2,1H3. The van der Waals surface area contributed by atoms with Gasteiger partial charge in [0, 0.05) is 17.2 Å². The lowest BCUT2D eigenvalue weighted by atomic mass is 9.78. The monoisotopic (exact) mass is 310 g/mol. The van der Waals surface area contributed by atoms with Crippen molar-refractivity contribution in [1.29, 1.82) is 0 Å². The zero-order chi connectivity index (χ0) is 14.6. The van der Waals surface area contributed by atoms with Crippen LogP contribution in [-0.2, 0) is 11.8 Å². The van der Waals surface area contributed by atoms with E-state index in [1.807, 2.05) is 31.2 Å². The number of aryl methyl sites for hydroxylation is 1. The van der Waals surface area contributed by atoms with E-state index in [2.05, 4.69) is 6.07 Å². The molecule has 0 radical (unpaired) electrons. The fraction of sp³-hybridized carbons (Fsp3) is 0.294. The lowest BCUT2D eigenvalue weighted by Crippen LogP contribution is -2.33. The number of halogens is 3. The van der Waals surface area contributed by atoms with E-state index in [0.29, 0.717) is 18.2 Å². The van der Waals surface area contributed by atoms with Crippen LogP contribution in [0.25, 0.3) is 0 Å². The molecule has 0 unspecified atom stereocenters. The van der Waals surface area contributed by atoms with Gasteiger partial charge < -0.3 is 0 Å². The Morgan fingerprint density at radius 1 is 1.00 bits per heavy atom. The molecular formula is C17H17Cl2F. The van der Waals surface area contributed by atoms with Crippen LogP contribution in [-0.4, -0.2) is 11.8 Å². The Kier molecular flexibility index (Phi) is 5.06. The minimum atomic E-state index is -0.372. The van der Waals surface area contributed by atoms with Crippen LogP contribution in [0, 0.1) is 12.7 Å². The number of benzene rings is 2. The summed E-state index contributed by atoms with van der Waals surface area (Å²) in [7, 11) is 0. The van der Waals surface area contributed by atoms with Gasteiger partial charge >= 0.3 is 0 Å². The summed E-state index contributed by atoms with van der Waals surface area (Å²) in [6.07, 6.45) is 0.626. The molecule has 0 N–H and O–H groups in total. The second-order valence-electron chi connectivity index (χ2n) is 5.22. The van der Waals surface area contributed by atoms with Crippen molar-refractivity contribution in [3.8, 4) is 0 Å². The Morgan fingerprint density at radius 2 is 1.70 bits per heavy atom. The molecular weight excluding hydrogens is 294 g/mol. The topological polar surface area (TPSA) is 0 Å². The summed E-state index contributed by atoms with van der Waals surface area (Å²) in [4.78, 5) is 0. The number of hydrogen-bond donors (Lipinski definition) is 0. The first kappa shape index (κ1) is 15.3. The molecule has 0 nitrogen and oxygen atoms in total. The van der Waals surface area contributed by atoms with Crippen molar-refractivity contribution < 1.29 is 4.39 Å². The SMILES string of the molecule is Cc1cccc(C(CCl)(CCl)Cc2cccc(F)c2)c1. The van der Waals surface area contributed by atoms with Crippen molar-refractivity contribution in [1.82, 2.24) is 0 Å². The van der Waals surface area contributed by atoms with Crippen molar-refractivity contribution in [2.75, 3.05) is 11.8 Å². The maximum absolute atomic E-state index is 13.4. The molecule has 0 heterocycles. The van der Waals surface area contributed by atoms with Gasteiger partial charge in [-0.05, 0) is 36.6 Å². The van der Waals surface area contributed by atoms with E-state index in [9.17, 15) is 4.39 Å². The summed E-state index contributed by atoms with van der Waals surface area (Å²) in [5.74, 6) is 0.567. The third-order valence-corrected chi connectivity index (χ3v) is 4.60. The molecule has 0 saturated carbocycles. The highest BCUT2D eigenvalue weighted by molar-refractivity contribution is 6.22. The maximum atomic E-state index is 13.4. The fourth-order valence-electron chi connectivity index (χ4n) is 2.40. The van der Waals surface area contributed by atoms with Crippen LogP contribution >= 0.6 is 23.2 Å². The highest BCUT2D eigenvalue weighted by atomic mass is 35.5. The number of rotatable bonds is 5. The van der Waals surface area contributed by atoms with Crippen LogP contribution in [0.2, 0.25) is 0 Å². The van der Waals surface area contributed by atoms with E-state index in [1.54, 1.807) is 12.1 Å². The van der Waals surface area contributed by atoms with Crippen LogP contribution in [0.3, 0.4) is 0 Å². The molecule has 0 amide bonds. The first-order valence-electron chi connectivity index (χ1n) is 6.53. The zero-order valence-corrected chi connectivity index (χ0v) is 12.9. The first-order valence-corrected chi connectivity index (χ1v) is 7.60. The zero-order valence-electron chi connectivity index (χ0n) is 11.4. The van der Waals surface area contributed by atoms with Gasteiger partial charge in [-0.3, -0.25) is 0 Å². The molecule has 0 aliphatic carbocycles. The van der Waals surface area contributed by atoms with Gasteiger partial charge in [-0.1, -0.05) is 42.0 Å². The highest BCUT2D eigenvalue weighted by Crippen LogP contribution is 2.32. The second-order valence-corrected chi connectivity index (χ2v) is 5.76. The third kappa shape index (κ3) is 3.34. The lowest BCUT2D eigenvalue weighted by molar-refractivity contribution is 0.532. The minimum Gasteiger partial charge on any atom is -0.207 e. The maximum Gasteiger partial charge on any atom is 0.123 e. The summed E-state index contributed by atoms with van der Waals surface area (Å²) >= 11 is 12.4. The van der Waals surface area contributed by atoms with Crippen LogP contribution in [0.5, 0.6) is 0 Å². The molecule has 0 aliphatic heterocycles. The van der Waals surface area contributed by atoms with Crippen LogP contribution < -0.4 is 0 Å². The van der Waals surface area contributed by atoms with Crippen LogP contribution in [0.15, 0.2) is 48.5 Å². The molecule has 0 aliphatic rings. The lowest BCUT2D eigenvalue weighted by Gasteiger charge is -2.31. The Labute approximate surface area is 129 Å². The third-order valence-electron chi connectivity index (χ3n) is 3.57. The van der Waals surface area contributed by atoms with E-state index in [-0.39, 0.29) is 11.2 Å². The van der Waals surface area contributed by atoms with Crippen LogP contribution in [0.4, 0.5) is 4.39 Å². The van der Waals surface area contributed by atoms with Gasteiger partial charge in [0.2, 0.25) is 0 Å². The Hall–Kier alpha value is -1.05. The number of alkyl halides is 2. The predicted octanol–water partition coefficient (Wildman–Crippen LogP) is 5.09. The Bertz CT molecular complexity index is 577. The normalized spacial score (nSPS) is 11.6. The van der Waals surface area contributed by atoms with Crippen LogP contribution in [0.1, 0.15) is 16.7 Å². The van der Waals surface area contributed by atoms with E-state index in [1.165, 1.54) is 11.6 Å². The summed E-state index contributed by atoms with van der Waals surface area (Å²) < 4.78 is 13.4. The molecule has 0 aromatic heterocycles. The molecule has 2 rings (SSSR count). The average Bonchev–Trinajstić information content (AvgIpc) is 2.45. The van der Waals surface area contributed by atoms with E-state index in [4.69, 9.17) is 23.2 Å². The van der Waals surface area contributed by atoms with Gasteiger partial charge in [-0.25, -0.2) is 4.39 Å². The summed E-state index contributed by atoms with van der Waals surface area (Å²) in [5.41, 5.74) is 2.81. The Morgan fingerprint density at radius 3 is 2.30 bits per heavy atom. The molecule has 2 aromatic rings. The van der Waals surface area contributed by atoms with Gasteiger partial charge in [0.1, 0.15) is 5.82 Å². The molecule has 106 valence electrons. The van der Waals surface area contributed by atoms with Gasteiger partial charge in [0.15, 0.2) is 0 Å². The van der Waals surface area contributed by atoms with Gasteiger partial charge in [0.25, 0.3) is 0 Å². The van der Waals surface area contributed by atoms with Gasteiger partial charge in [-0.2, -0.15) is 0 Å². The average molecular weight is 311 g/mol. The molecule has 0 saturated heterocycles. The van der Waals surface area contributed by atoms with Gasteiger partial charge in [0.05, 0.1) is 0 Å². The van der Waals surface area contributed by atoms with Crippen molar-refractivity contribution in [3.05, 3.63) is 71.0 Å². The van der Waals surface area contributed by atoms with Gasteiger partial charge in [-0.15, -0.1) is 23.2 Å². The van der Waals surface area contributed by atoms with E-state index < -0.39 is 0 Å². The van der Waals surface area contributed by atoms with Crippen molar-refractivity contribution in [2.24, 2.45) is 0 Å². The summed E-state index contributed by atoms with van der Waals surface area (Å²) in [6, 6.07) is 14.8. The highest BCUT2D eigenvalue weighted by Gasteiger charge is 2.31. The molecule has 0 atom stereocenters. The van der Waals surface area contributed by atoms with Crippen molar-refractivity contribution >= 4 is 23.2 Å². The Balaban J connectivity index is 2.39. The predicted molar refractivity (Wildman–Crippen MR) is 84.4 cm³/mol. The van der Waals surface area contributed by atoms with Crippen molar-refractivity contribution in [3.63, 3.8) is 0 Å². The molecule has 0 bridgehead atoms. The quantitative estimate of drug-likeness (QED) is 0.675. The van der Waals surface area contributed by atoms with Crippen molar-refractivity contribution in [2.45, 2.75) is 18.8 Å². The molecule has 3 heteroatoms. The fourth-order valence-corrected chi connectivity index (χ4v) is 3.18. The second kappa shape index (κ2) is 6.60. The summed E-state index contributed by atoms with van der Waals surface area (Å²) in [5, 5.41) is 0. The number of hydrogen-bond acceptors (Lipinski definition) is 0. The molecule has 0 fully saturated rings. The summed E-state index contributed by atoms with van der Waals surface area (Å²) in [6.45, 7) is 2.04. The smallest absolute Gasteiger partial charge is 0.123 e.